The second-order valence-electron chi connectivity index (χ2n) is 7.55. The Bertz CT molecular complexity index is 672. The normalized spacial score (nSPS) is 16.0. The minimum Gasteiger partial charge on any atom is -0.353 e. The van der Waals surface area contributed by atoms with Crippen LogP contribution in [0, 0.1) is 12.8 Å². The number of hydrogen-bond acceptors (Lipinski definition) is 3. The van der Waals surface area contributed by atoms with E-state index in [4.69, 9.17) is 0 Å². The van der Waals surface area contributed by atoms with Crippen LogP contribution in [0.5, 0.6) is 0 Å². The summed E-state index contributed by atoms with van der Waals surface area (Å²) in [6.07, 6.45) is 3.63. The summed E-state index contributed by atoms with van der Waals surface area (Å²) in [4.78, 5) is 38.9. The molecule has 1 heterocycles. The van der Waals surface area contributed by atoms with Gasteiger partial charge < -0.3 is 15.5 Å². The van der Waals surface area contributed by atoms with Crippen LogP contribution in [0.2, 0.25) is 0 Å². The zero-order valence-corrected chi connectivity index (χ0v) is 16.6. The molecule has 6 heteroatoms. The van der Waals surface area contributed by atoms with E-state index in [1.807, 2.05) is 37.8 Å². The molecule has 0 aliphatic carbocycles. The largest absolute Gasteiger partial charge is 0.353 e. The predicted octanol–water partition coefficient (Wildman–Crippen LogP) is 2.27. The molecule has 0 aromatic heterocycles. The fraction of sp³-hybridized carbons (Fsp3) is 0.571. The molecule has 1 fully saturated rings. The molecule has 1 aromatic rings. The highest BCUT2D eigenvalue weighted by molar-refractivity contribution is 5.97. The van der Waals surface area contributed by atoms with Crippen LogP contribution >= 0.6 is 0 Å². The van der Waals surface area contributed by atoms with Gasteiger partial charge in [0.15, 0.2) is 0 Å². The van der Waals surface area contributed by atoms with Gasteiger partial charge in [0, 0.05) is 31.6 Å². The Morgan fingerprint density at radius 1 is 1.19 bits per heavy atom. The molecule has 1 aromatic carbocycles. The van der Waals surface area contributed by atoms with Crippen molar-refractivity contribution in [2.24, 2.45) is 5.92 Å². The lowest BCUT2D eigenvalue weighted by molar-refractivity contribution is -0.131. The first-order valence-electron chi connectivity index (χ1n) is 9.81. The number of benzene rings is 1. The molecule has 6 nitrogen and oxygen atoms in total. The van der Waals surface area contributed by atoms with Gasteiger partial charge in [-0.2, -0.15) is 0 Å². The molecule has 0 saturated carbocycles. The summed E-state index contributed by atoms with van der Waals surface area (Å²) in [7, 11) is 0. The summed E-state index contributed by atoms with van der Waals surface area (Å²) in [5, 5.41) is 5.71. The van der Waals surface area contributed by atoms with Crippen LogP contribution < -0.4 is 10.6 Å². The lowest BCUT2D eigenvalue weighted by Gasteiger charge is -2.24. The third-order valence-electron chi connectivity index (χ3n) is 4.87. The summed E-state index contributed by atoms with van der Waals surface area (Å²) in [5.41, 5.74) is 1.54. The van der Waals surface area contributed by atoms with Gasteiger partial charge in [-0.05, 0) is 37.8 Å². The Kier molecular flexibility index (Phi) is 7.82. The van der Waals surface area contributed by atoms with Crippen molar-refractivity contribution < 1.29 is 14.4 Å². The third kappa shape index (κ3) is 6.38. The van der Waals surface area contributed by atoms with Gasteiger partial charge in [0.05, 0.1) is 0 Å². The van der Waals surface area contributed by atoms with Crippen molar-refractivity contribution in [1.29, 1.82) is 0 Å². The third-order valence-corrected chi connectivity index (χ3v) is 4.87. The van der Waals surface area contributed by atoms with Crippen LogP contribution in [0.25, 0.3) is 0 Å². The number of nitrogens with one attached hydrogen (secondary N) is 2. The van der Waals surface area contributed by atoms with Crippen molar-refractivity contribution in [3.8, 4) is 0 Å². The summed E-state index contributed by atoms with van der Waals surface area (Å²) in [5.74, 6) is -0.350. The van der Waals surface area contributed by atoms with Crippen molar-refractivity contribution in [1.82, 2.24) is 15.5 Å². The molecule has 3 amide bonds. The second kappa shape index (κ2) is 10.1. The van der Waals surface area contributed by atoms with E-state index in [1.54, 1.807) is 12.1 Å². The van der Waals surface area contributed by atoms with Crippen molar-refractivity contribution in [2.75, 3.05) is 19.6 Å². The number of carbonyl (C=O) groups is 3. The highest BCUT2D eigenvalue weighted by Crippen LogP contribution is 2.11. The van der Waals surface area contributed by atoms with Crippen LogP contribution in [0.15, 0.2) is 24.3 Å². The van der Waals surface area contributed by atoms with Crippen molar-refractivity contribution in [2.45, 2.75) is 52.5 Å². The SMILES string of the molecule is Cc1cccc(C(=O)NC(C(=O)NCCN2CCCCCC2=O)C(C)C)c1. The smallest absolute Gasteiger partial charge is 0.251 e. The number of amides is 3. The molecule has 2 N–H and O–H groups in total. The number of rotatable bonds is 7. The zero-order valence-electron chi connectivity index (χ0n) is 16.6. The van der Waals surface area contributed by atoms with E-state index in [1.165, 1.54) is 0 Å². The first-order chi connectivity index (χ1) is 12.9. The zero-order chi connectivity index (χ0) is 19.8. The van der Waals surface area contributed by atoms with Crippen molar-refractivity contribution >= 4 is 17.7 Å². The number of carbonyl (C=O) groups excluding carboxylic acids is 3. The molecule has 0 spiro atoms. The first-order valence-corrected chi connectivity index (χ1v) is 9.81. The Labute approximate surface area is 161 Å². The Hall–Kier alpha value is -2.37. The van der Waals surface area contributed by atoms with E-state index >= 15 is 0 Å². The summed E-state index contributed by atoms with van der Waals surface area (Å²) >= 11 is 0. The van der Waals surface area contributed by atoms with Gasteiger partial charge in [-0.3, -0.25) is 14.4 Å². The van der Waals surface area contributed by atoms with E-state index in [0.29, 0.717) is 25.1 Å². The summed E-state index contributed by atoms with van der Waals surface area (Å²) in [6, 6.07) is 6.68. The molecule has 1 saturated heterocycles. The Morgan fingerprint density at radius 2 is 1.96 bits per heavy atom. The lowest BCUT2D eigenvalue weighted by atomic mass is 10.0. The molecule has 1 unspecified atom stereocenters. The maximum atomic E-state index is 12.6. The van der Waals surface area contributed by atoms with Gasteiger partial charge in [-0.1, -0.05) is 38.0 Å². The molecule has 148 valence electrons. The second-order valence-corrected chi connectivity index (χ2v) is 7.55. The van der Waals surface area contributed by atoms with Crippen LogP contribution in [-0.2, 0) is 9.59 Å². The fourth-order valence-corrected chi connectivity index (χ4v) is 3.24. The maximum absolute atomic E-state index is 12.6. The van der Waals surface area contributed by atoms with Gasteiger partial charge in [0.25, 0.3) is 5.91 Å². The Morgan fingerprint density at radius 3 is 2.67 bits per heavy atom. The van der Waals surface area contributed by atoms with Gasteiger partial charge >= 0.3 is 0 Å². The van der Waals surface area contributed by atoms with Gasteiger partial charge in [0.1, 0.15) is 6.04 Å². The van der Waals surface area contributed by atoms with Gasteiger partial charge in [0.2, 0.25) is 11.8 Å². The minimum absolute atomic E-state index is 0.0430. The quantitative estimate of drug-likeness (QED) is 0.770. The number of hydrogen-bond donors (Lipinski definition) is 2. The molecule has 27 heavy (non-hydrogen) atoms. The molecule has 2 rings (SSSR count). The van der Waals surface area contributed by atoms with Gasteiger partial charge in [-0.15, -0.1) is 0 Å². The fourth-order valence-electron chi connectivity index (χ4n) is 3.24. The molecule has 1 aliphatic heterocycles. The van der Waals surface area contributed by atoms with Crippen molar-refractivity contribution in [3.05, 3.63) is 35.4 Å². The number of aryl methyl sites for hydroxylation is 1. The molecular formula is C21H31N3O3. The average molecular weight is 373 g/mol. The first kappa shape index (κ1) is 20.9. The average Bonchev–Trinajstić information content (AvgIpc) is 2.83. The predicted molar refractivity (Wildman–Crippen MR) is 105 cm³/mol. The van der Waals surface area contributed by atoms with E-state index in [-0.39, 0.29) is 23.6 Å². The standard InChI is InChI=1S/C21H31N3O3/c1-15(2)19(23-20(26)17-9-7-8-16(3)14-17)21(27)22-11-13-24-12-6-4-5-10-18(24)25/h7-9,14-15,19H,4-6,10-13H2,1-3H3,(H,22,27)(H,23,26). The number of nitrogens with zero attached hydrogens (tertiary/aromatic N) is 1. The van der Waals surface area contributed by atoms with Crippen molar-refractivity contribution in [3.63, 3.8) is 0 Å². The minimum atomic E-state index is -0.613. The van der Waals surface area contributed by atoms with E-state index < -0.39 is 6.04 Å². The van der Waals surface area contributed by atoms with Gasteiger partial charge in [-0.25, -0.2) is 0 Å². The van der Waals surface area contributed by atoms with Crippen LogP contribution in [0.3, 0.4) is 0 Å². The Balaban J connectivity index is 1.88. The monoisotopic (exact) mass is 373 g/mol. The van der Waals surface area contributed by atoms with E-state index in [0.717, 1.165) is 31.4 Å². The highest BCUT2D eigenvalue weighted by atomic mass is 16.2. The number of likely N-dealkylation sites (tertiary alicyclic amines) is 1. The topological polar surface area (TPSA) is 78.5 Å². The van der Waals surface area contributed by atoms with E-state index in [9.17, 15) is 14.4 Å². The highest BCUT2D eigenvalue weighted by Gasteiger charge is 2.25. The summed E-state index contributed by atoms with van der Waals surface area (Å²) in [6.45, 7) is 7.40. The lowest BCUT2D eigenvalue weighted by Crippen LogP contribution is -2.51. The molecule has 0 bridgehead atoms. The van der Waals surface area contributed by atoms with E-state index in [2.05, 4.69) is 10.6 Å². The molecular weight excluding hydrogens is 342 g/mol. The maximum Gasteiger partial charge on any atom is 0.251 e. The molecule has 0 radical (unpaired) electrons. The van der Waals surface area contributed by atoms with Crippen LogP contribution in [-0.4, -0.2) is 48.3 Å². The van der Waals surface area contributed by atoms with Crippen LogP contribution in [0.1, 0.15) is 55.5 Å². The van der Waals surface area contributed by atoms with Crippen LogP contribution in [0.4, 0.5) is 0 Å². The molecule has 1 atom stereocenters. The molecule has 1 aliphatic rings. The summed E-state index contributed by atoms with van der Waals surface area (Å²) < 4.78 is 0.